The summed E-state index contributed by atoms with van der Waals surface area (Å²) in [4.78, 5) is 0. The van der Waals surface area contributed by atoms with Crippen molar-refractivity contribution in [2.75, 3.05) is 38.8 Å². The quantitative estimate of drug-likeness (QED) is 0.449. The lowest BCUT2D eigenvalue weighted by Gasteiger charge is -2.43. The van der Waals surface area contributed by atoms with Crippen molar-refractivity contribution in [2.45, 2.75) is 40.5 Å². The van der Waals surface area contributed by atoms with Gasteiger partial charge in [-0.25, -0.2) is 0 Å². The fourth-order valence-electron chi connectivity index (χ4n) is 4.48. The highest BCUT2D eigenvalue weighted by molar-refractivity contribution is 7.54. The zero-order valence-electron chi connectivity index (χ0n) is 20.0. The van der Waals surface area contributed by atoms with Gasteiger partial charge in [-0.3, -0.25) is 9.13 Å². The first kappa shape index (κ1) is 24.9. The van der Waals surface area contributed by atoms with E-state index in [0.29, 0.717) is 25.2 Å². The van der Waals surface area contributed by atoms with Gasteiger partial charge in [0.25, 0.3) is 0 Å². The Hall–Kier alpha value is -1.26. The minimum atomic E-state index is -3.18. The lowest BCUT2D eigenvalue weighted by atomic mass is 9.93. The molecule has 0 aliphatic carbocycles. The van der Waals surface area contributed by atoms with Crippen LogP contribution in [0.25, 0.3) is 0 Å². The second-order valence-corrected chi connectivity index (χ2v) is 14.1. The van der Waals surface area contributed by atoms with Crippen molar-refractivity contribution in [3.63, 3.8) is 0 Å². The fourth-order valence-corrected chi connectivity index (χ4v) is 8.09. The molecular formula is C25H34O6P2. The van der Waals surface area contributed by atoms with Crippen LogP contribution in [0.3, 0.4) is 0 Å². The minimum absolute atomic E-state index is 0.216. The molecular weight excluding hydrogens is 458 g/mol. The van der Waals surface area contributed by atoms with Crippen LogP contribution in [0.4, 0.5) is 0 Å². The summed E-state index contributed by atoms with van der Waals surface area (Å²) in [6.07, 6.45) is 1.94. The number of benzene rings is 2. The van der Waals surface area contributed by atoms with Gasteiger partial charge in [0.05, 0.1) is 44.2 Å². The predicted octanol–water partition coefficient (Wildman–Crippen LogP) is 6.17. The first-order valence-electron chi connectivity index (χ1n) is 11.5. The average molecular weight is 492 g/mol. The molecule has 0 bridgehead atoms. The van der Waals surface area contributed by atoms with Gasteiger partial charge in [-0.05, 0) is 51.7 Å². The van der Waals surface area contributed by atoms with E-state index in [0.717, 1.165) is 11.1 Å². The molecule has 0 atom stereocenters. The topological polar surface area (TPSA) is 71.1 Å². The van der Waals surface area contributed by atoms with Crippen LogP contribution in [0.5, 0.6) is 0 Å². The molecule has 0 saturated carbocycles. The monoisotopic (exact) mass is 492 g/mol. The van der Waals surface area contributed by atoms with Crippen LogP contribution in [0.15, 0.2) is 36.4 Å². The molecule has 2 aliphatic rings. The standard InChI is InChI=1S/C25H34O6P2/c1-19-9-20(2)12-23(11-19)5-7-32(26)28-15-25(16-29-32)17-30-33(27,31-18-25)8-6-24-13-21(3)10-22(4)14-24/h9-14H,5-8,15-18H2,1-4H3. The van der Waals surface area contributed by atoms with E-state index in [1.165, 1.54) is 22.3 Å². The largest absolute Gasteiger partial charge is 0.331 e. The Morgan fingerprint density at radius 1 is 0.606 bits per heavy atom. The lowest BCUT2D eigenvalue weighted by Crippen LogP contribution is -2.46. The molecule has 2 fully saturated rings. The Kier molecular flexibility index (Phi) is 7.36. The minimum Gasteiger partial charge on any atom is -0.308 e. The van der Waals surface area contributed by atoms with Gasteiger partial charge in [-0.2, -0.15) is 0 Å². The third-order valence-electron chi connectivity index (χ3n) is 6.18. The maximum Gasteiger partial charge on any atom is 0.331 e. The maximum atomic E-state index is 13.1. The first-order valence-corrected chi connectivity index (χ1v) is 14.9. The summed E-state index contributed by atoms with van der Waals surface area (Å²) in [5, 5.41) is 0. The van der Waals surface area contributed by atoms with E-state index in [9.17, 15) is 9.13 Å². The number of hydrogen-bond donors (Lipinski definition) is 0. The van der Waals surface area contributed by atoms with E-state index >= 15 is 0 Å². The summed E-state index contributed by atoms with van der Waals surface area (Å²) < 4.78 is 49.1. The third-order valence-corrected chi connectivity index (χ3v) is 9.81. The van der Waals surface area contributed by atoms with Crippen LogP contribution in [0, 0.1) is 33.1 Å². The summed E-state index contributed by atoms with van der Waals surface area (Å²) in [6.45, 7) is 9.09. The highest BCUT2D eigenvalue weighted by Gasteiger charge is 2.48. The molecule has 6 nitrogen and oxygen atoms in total. The Bertz CT molecular complexity index is 957. The molecule has 2 heterocycles. The van der Waals surface area contributed by atoms with Gasteiger partial charge >= 0.3 is 15.2 Å². The SMILES string of the molecule is Cc1cc(C)cc(CCP2(=O)OCC3(CO2)COP(=O)(CCc2cc(C)cc(C)c2)OC3)c1. The fraction of sp³-hybridized carbons (Fsp3) is 0.520. The molecule has 0 aromatic heterocycles. The first-order chi connectivity index (χ1) is 15.6. The molecule has 4 rings (SSSR count). The lowest BCUT2D eigenvalue weighted by molar-refractivity contribution is -0.0683. The van der Waals surface area contributed by atoms with Crippen LogP contribution in [0.1, 0.15) is 33.4 Å². The van der Waals surface area contributed by atoms with Crippen LogP contribution in [-0.4, -0.2) is 38.8 Å². The van der Waals surface area contributed by atoms with Gasteiger partial charge in [0.1, 0.15) is 0 Å². The van der Waals surface area contributed by atoms with E-state index in [4.69, 9.17) is 18.1 Å². The number of hydrogen-bond acceptors (Lipinski definition) is 6. The summed E-state index contributed by atoms with van der Waals surface area (Å²) in [5.74, 6) is 0. The Balaban J connectivity index is 1.28. The molecule has 0 unspecified atom stereocenters. The van der Waals surface area contributed by atoms with Crippen molar-refractivity contribution in [1.82, 2.24) is 0 Å². The molecule has 0 N–H and O–H groups in total. The zero-order valence-corrected chi connectivity index (χ0v) is 21.8. The van der Waals surface area contributed by atoms with Gasteiger partial charge in [-0.15, -0.1) is 0 Å². The molecule has 180 valence electrons. The Labute approximate surface area is 197 Å². The van der Waals surface area contributed by atoms with Crippen molar-refractivity contribution in [3.05, 3.63) is 69.8 Å². The molecule has 0 amide bonds. The van der Waals surface area contributed by atoms with Crippen molar-refractivity contribution >= 4 is 15.2 Å². The van der Waals surface area contributed by atoms with Gasteiger partial charge < -0.3 is 18.1 Å². The Morgan fingerprint density at radius 2 is 0.909 bits per heavy atom. The summed E-state index contributed by atoms with van der Waals surface area (Å²) in [6, 6.07) is 12.6. The average Bonchev–Trinajstić information content (AvgIpc) is 2.75. The van der Waals surface area contributed by atoms with Gasteiger partial charge in [0, 0.05) is 0 Å². The number of aryl methyl sites for hydroxylation is 6. The van der Waals surface area contributed by atoms with Crippen molar-refractivity contribution < 1.29 is 27.2 Å². The molecule has 2 aromatic carbocycles. The second kappa shape index (κ2) is 9.77. The normalized spacial score (nSPS) is 29.9. The molecule has 8 heteroatoms. The molecule has 2 aromatic rings. The summed E-state index contributed by atoms with van der Waals surface area (Å²) >= 11 is 0. The maximum absolute atomic E-state index is 13.1. The molecule has 1 spiro atoms. The highest BCUT2D eigenvalue weighted by atomic mass is 31.2. The zero-order chi connectivity index (χ0) is 23.7. The van der Waals surface area contributed by atoms with Crippen LogP contribution in [0.2, 0.25) is 0 Å². The number of rotatable bonds is 6. The highest BCUT2D eigenvalue weighted by Crippen LogP contribution is 2.59. The van der Waals surface area contributed by atoms with E-state index < -0.39 is 20.6 Å². The van der Waals surface area contributed by atoms with E-state index in [-0.39, 0.29) is 26.4 Å². The van der Waals surface area contributed by atoms with E-state index in [1.807, 2.05) is 0 Å². The van der Waals surface area contributed by atoms with Crippen LogP contribution < -0.4 is 0 Å². The van der Waals surface area contributed by atoms with Crippen molar-refractivity contribution in [2.24, 2.45) is 5.41 Å². The molecule has 2 saturated heterocycles. The summed E-state index contributed by atoms with van der Waals surface area (Å²) in [5.41, 5.74) is 6.44. The van der Waals surface area contributed by atoms with Crippen molar-refractivity contribution in [3.8, 4) is 0 Å². The Morgan fingerprint density at radius 3 is 1.21 bits per heavy atom. The van der Waals surface area contributed by atoms with Crippen LogP contribution in [-0.2, 0) is 40.1 Å². The van der Waals surface area contributed by atoms with Gasteiger partial charge in [-0.1, -0.05) is 58.7 Å². The molecule has 2 aliphatic heterocycles. The van der Waals surface area contributed by atoms with E-state index in [1.54, 1.807) is 0 Å². The van der Waals surface area contributed by atoms with E-state index in [2.05, 4.69) is 64.1 Å². The summed E-state index contributed by atoms with van der Waals surface area (Å²) in [7, 11) is -6.35. The predicted molar refractivity (Wildman–Crippen MR) is 130 cm³/mol. The van der Waals surface area contributed by atoms with Gasteiger partial charge in [0.2, 0.25) is 0 Å². The third kappa shape index (κ3) is 6.45. The van der Waals surface area contributed by atoms with Gasteiger partial charge in [0.15, 0.2) is 0 Å². The second-order valence-electron chi connectivity index (χ2n) is 9.75. The van der Waals surface area contributed by atoms with Crippen molar-refractivity contribution in [1.29, 1.82) is 0 Å². The van der Waals surface area contributed by atoms with Crippen LogP contribution >= 0.6 is 15.2 Å². The molecule has 33 heavy (non-hydrogen) atoms. The molecule has 0 radical (unpaired) electrons. The smallest absolute Gasteiger partial charge is 0.308 e.